The molecule has 0 spiro atoms. The minimum Gasteiger partial charge on any atom is -0.484 e. The summed E-state index contributed by atoms with van der Waals surface area (Å²) in [5.74, 6) is -1.75. The Morgan fingerprint density at radius 1 is 1.36 bits per heavy atom. The second kappa shape index (κ2) is 8.30. The van der Waals surface area contributed by atoms with Crippen LogP contribution in [0.3, 0.4) is 0 Å². The number of aromatic nitrogens is 2. The van der Waals surface area contributed by atoms with Gasteiger partial charge in [0.05, 0.1) is 0 Å². The maximum Gasteiger partial charge on any atom is 0.424 e. The average Bonchev–Trinajstić information content (AvgIpc) is 3.05. The Morgan fingerprint density at radius 2 is 2.07 bits per heavy atom. The van der Waals surface area contributed by atoms with E-state index in [1.807, 2.05) is 0 Å². The van der Waals surface area contributed by atoms with Crippen molar-refractivity contribution >= 4 is 11.8 Å². The fourth-order valence-electron chi connectivity index (χ4n) is 2.47. The molecule has 1 unspecified atom stereocenters. The van der Waals surface area contributed by atoms with Crippen LogP contribution in [0.15, 0.2) is 36.7 Å². The molecule has 4 N–H and O–H groups in total. The van der Waals surface area contributed by atoms with Crippen LogP contribution in [0.4, 0.5) is 13.2 Å². The summed E-state index contributed by atoms with van der Waals surface area (Å²) < 4.78 is 46.3. The molecule has 1 aromatic carbocycles. The van der Waals surface area contributed by atoms with Gasteiger partial charge in [0.2, 0.25) is 11.5 Å². The van der Waals surface area contributed by atoms with Crippen LogP contribution in [0.5, 0.6) is 5.75 Å². The predicted molar refractivity (Wildman–Crippen MR) is 91.2 cm³/mol. The maximum atomic E-state index is 13.4. The molecule has 0 aliphatic carbocycles. The smallest absolute Gasteiger partial charge is 0.424 e. The van der Waals surface area contributed by atoms with E-state index in [4.69, 9.17) is 10.5 Å². The highest BCUT2D eigenvalue weighted by Gasteiger charge is 2.57. The molecule has 8 nitrogen and oxygen atoms in total. The number of nitrogens with zero attached hydrogens (tertiary/aromatic N) is 2. The molecular formula is C17H19F3N4O4. The van der Waals surface area contributed by atoms with Crippen molar-refractivity contribution < 1.29 is 32.6 Å². The number of carbonyl (C=O) groups is 2. The zero-order chi connectivity index (χ0) is 20.9. The van der Waals surface area contributed by atoms with Crippen LogP contribution in [-0.4, -0.2) is 45.8 Å². The summed E-state index contributed by atoms with van der Waals surface area (Å²) in [6.07, 6.45) is -3.40. The lowest BCUT2D eigenvalue weighted by Crippen LogP contribution is -2.47. The molecule has 0 saturated carbocycles. The van der Waals surface area contributed by atoms with Gasteiger partial charge in [-0.1, -0.05) is 6.07 Å². The molecule has 28 heavy (non-hydrogen) atoms. The lowest BCUT2D eigenvalue weighted by Gasteiger charge is -2.29. The summed E-state index contributed by atoms with van der Waals surface area (Å²) in [5.41, 5.74) is 2.11. The number of aryl methyl sites for hydroxylation is 1. The van der Waals surface area contributed by atoms with Gasteiger partial charge in [0.25, 0.3) is 5.91 Å². The maximum absolute atomic E-state index is 13.4. The van der Waals surface area contributed by atoms with Gasteiger partial charge in [0.15, 0.2) is 6.61 Å². The Morgan fingerprint density at radius 3 is 2.64 bits per heavy atom. The Balaban J connectivity index is 1.92. The molecule has 0 bridgehead atoms. The normalized spacial score (nSPS) is 13.6. The van der Waals surface area contributed by atoms with Crippen molar-refractivity contribution in [2.45, 2.75) is 18.2 Å². The van der Waals surface area contributed by atoms with Gasteiger partial charge in [-0.2, -0.15) is 13.2 Å². The van der Waals surface area contributed by atoms with Crippen LogP contribution in [0.1, 0.15) is 22.6 Å². The van der Waals surface area contributed by atoms with Crippen LogP contribution in [-0.2, 0) is 17.4 Å². The molecule has 2 aromatic rings. The summed E-state index contributed by atoms with van der Waals surface area (Å²) in [7, 11) is 1.33. The quantitative estimate of drug-likeness (QED) is 0.607. The number of hydrogen-bond donors (Lipinski definition) is 3. The van der Waals surface area contributed by atoms with Gasteiger partial charge in [0, 0.05) is 38.0 Å². The van der Waals surface area contributed by atoms with Crippen molar-refractivity contribution in [1.29, 1.82) is 0 Å². The molecule has 0 fully saturated rings. The monoisotopic (exact) mass is 400 g/mol. The molecule has 1 aromatic heterocycles. The number of imidazole rings is 1. The van der Waals surface area contributed by atoms with Crippen molar-refractivity contribution in [1.82, 2.24) is 14.9 Å². The molecule has 11 heteroatoms. The first-order chi connectivity index (χ1) is 13.0. The molecule has 0 saturated heterocycles. The lowest BCUT2D eigenvalue weighted by atomic mass is 9.97. The number of benzene rings is 1. The molecule has 2 amide bonds. The number of amides is 2. The number of alkyl halides is 3. The largest absolute Gasteiger partial charge is 0.484 e. The number of nitrogens with two attached hydrogens (primary N) is 1. The van der Waals surface area contributed by atoms with Crippen LogP contribution < -0.4 is 15.8 Å². The van der Waals surface area contributed by atoms with E-state index in [1.165, 1.54) is 37.5 Å². The fourth-order valence-corrected chi connectivity index (χ4v) is 2.47. The predicted octanol–water partition coefficient (Wildman–Crippen LogP) is 0.854. The average molecular weight is 400 g/mol. The molecule has 1 heterocycles. The molecule has 0 radical (unpaired) electrons. The first-order valence-electron chi connectivity index (χ1n) is 8.11. The molecular weight excluding hydrogens is 381 g/mol. The SMILES string of the molecule is Cn1ccnc1C(O)(CCNC(=O)COc1cccc(C(N)=O)c1)C(F)(F)F. The Bertz CT molecular complexity index is 853. The highest BCUT2D eigenvalue weighted by molar-refractivity contribution is 5.93. The van der Waals surface area contributed by atoms with E-state index in [1.54, 1.807) is 0 Å². The summed E-state index contributed by atoms with van der Waals surface area (Å²) in [5, 5.41) is 12.4. The third-order valence-electron chi connectivity index (χ3n) is 3.96. The number of halogens is 3. The van der Waals surface area contributed by atoms with Crippen molar-refractivity contribution in [3.63, 3.8) is 0 Å². The standard InChI is InChI=1S/C17H19F3N4O4/c1-24-8-7-23-15(24)16(27,17(18,19)20)5-6-22-13(25)10-28-12-4-2-3-11(9-12)14(21)26/h2-4,7-9,27H,5-6,10H2,1H3,(H2,21,26)(H,22,25). The number of aliphatic hydroxyl groups is 1. The molecule has 1 atom stereocenters. The van der Waals surface area contributed by atoms with Gasteiger partial charge in [-0.15, -0.1) is 0 Å². The first-order valence-corrected chi connectivity index (χ1v) is 8.11. The number of rotatable bonds is 8. The van der Waals surface area contributed by atoms with E-state index >= 15 is 0 Å². The van der Waals surface area contributed by atoms with E-state index in [2.05, 4.69) is 10.3 Å². The van der Waals surface area contributed by atoms with Crippen molar-refractivity contribution in [2.24, 2.45) is 12.8 Å². The fraction of sp³-hybridized carbons (Fsp3) is 0.353. The minimum absolute atomic E-state index is 0.184. The van der Waals surface area contributed by atoms with Crippen LogP contribution in [0, 0.1) is 0 Å². The van der Waals surface area contributed by atoms with Crippen molar-refractivity contribution in [3.05, 3.63) is 48.0 Å². The van der Waals surface area contributed by atoms with Crippen LogP contribution in [0.2, 0.25) is 0 Å². The van der Waals surface area contributed by atoms with E-state index in [0.29, 0.717) is 0 Å². The Labute approximate surface area is 158 Å². The second-order valence-corrected chi connectivity index (χ2v) is 6.00. The van der Waals surface area contributed by atoms with E-state index < -0.39 is 49.0 Å². The summed E-state index contributed by atoms with van der Waals surface area (Å²) in [6, 6.07) is 5.79. The zero-order valence-electron chi connectivity index (χ0n) is 14.9. The number of ether oxygens (including phenoxy) is 1. The number of primary amides is 1. The van der Waals surface area contributed by atoms with E-state index in [9.17, 15) is 27.9 Å². The molecule has 0 aliphatic rings. The summed E-state index contributed by atoms with van der Waals surface area (Å²) in [6.45, 7) is -0.957. The second-order valence-electron chi connectivity index (χ2n) is 6.00. The number of hydrogen-bond acceptors (Lipinski definition) is 5. The Hall–Kier alpha value is -3.08. The molecule has 0 aliphatic heterocycles. The van der Waals surface area contributed by atoms with Gasteiger partial charge in [0.1, 0.15) is 11.6 Å². The highest BCUT2D eigenvalue weighted by atomic mass is 19.4. The van der Waals surface area contributed by atoms with Crippen LogP contribution >= 0.6 is 0 Å². The summed E-state index contributed by atoms with van der Waals surface area (Å²) in [4.78, 5) is 26.5. The summed E-state index contributed by atoms with van der Waals surface area (Å²) >= 11 is 0. The van der Waals surface area contributed by atoms with Gasteiger partial charge in [-0.25, -0.2) is 4.98 Å². The highest BCUT2D eigenvalue weighted by Crippen LogP contribution is 2.40. The van der Waals surface area contributed by atoms with Crippen molar-refractivity contribution in [3.8, 4) is 5.75 Å². The van der Waals surface area contributed by atoms with Crippen LogP contribution in [0.25, 0.3) is 0 Å². The topological polar surface area (TPSA) is 119 Å². The number of carbonyl (C=O) groups excluding carboxylic acids is 2. The van der Waals surface area contributed by atoms with Gasteiger partial charge in [-0.3, -0.25) is 9.59 Å². The zero-order valence-corrected chi connectivity index (χ0v) is 14.9. The molecule has 2 rings (SSSR count). The minimum atomic E-state index is -4.98. The number of nitrogens with one attached hydrogen (secondary N) is 1. The first kappa shape index (κ1) is 21.2. The third kappa shape index (κ3) is 4.80. The van der Waals surface area contributed by atoms with Gasteiger partial charge < -0.3 is 25.5 Å². The van der Waals surface area contributed by atoms with E-state index in [-0.39, 0.29) is 11.3 Å². The van der Waals surface area contributed by atoms with E-state index in [0.717, 1.165) is 10.8 Å². The van der Waals surface area contributed by atoms with Crippen molar-refractivity contribution in [2.75, 3.05) is 13.2 Å². The third-order valence-corrected chi connectivity index (χ3v) is 3.96. The van der Waals surface area contributed by atoms with Gasteiger partial charge >= 0.3 is 6.18 Å². The van der Waals surface area contributed by atoms with Gasteiger partial charge in [-0.05, 0) is 18.2 Å². The Kier molecular flexibility index (Phi) is 6.29. The molecule has 152 valence electrons. The lowest BCUT2D eigenvalue weighted by molar-refractivity contribution is -0.272.